The van der Waals surface area contributed by atoms with Gasteiger partial charge in [-0.15, -0.1) is 0 Å². The Balaban J connectivity index is 1.55. The van der Waals surface area contributed by atoms with Gasteiger partial charge in [0.25, 0.3) is 11.5 Å². The summed E-state index contributed by atoms with van der Waals surface area (Å²) in [6.07, 6.45) is 2.96. The number of thiazole rings is 1. The van der Waals surface area contributed by atoms with Crippen LogP contribution in [0.2, 0.25) is 10.0 Å². The lowest BCUT2D eigenvalue weighted by Gasteiger charge is -2.10. The van der Waals surface area contributed by atoms with E-state index in [2.05, 4.69) is 15.4 Å². The van der Waals surface area contributed by atoms with Gasteiger partial charge in [0.1, 0.15) is 12.1 Å². The van der Waals surface area contributed by atoms with Crippen LogP contribution < -0.4 is 20.1 Å². The van der Waals surface area contributed by atoms with Gasteiger partial charge < -0.3 is 10.1 Å². The molecule has 2 aromatic heterocycles. The first-order chi connectivity index (χ1) is 14.0. The highest BCUT2D eigenvalue weighted by Crippen LogP contribution is 2.24. The molecule has 2 aromatic carbocycles. The number of rotatable bonds is 5. The molecule has 7 nitrogen and oxygen atoms in total. The number of carbonyl (C=O) groups is 1. The average molecular weight is 447 g/mol. The zero-order valence-electron chi connectivity index (χ0n) is 14.6. The second-order valence-electron chi connectivity index (χ2n) is 5.90. The summed E-state index contributed by atoms with van der Waals surface area (Å²) in [5, 5.41) is 7.66. The number of hydrogen-bond donors (Lipinski definition) is 1. The van der Waals surface area contributed by atoms with Crippen LogP contribution in [0.5, 0.6) is 5.75 Å². The molecule has 0 aliphatic rings. The summed E-state index contributed by atoms with van der Waals surface area (Å²) < 4.78 is 7.31. The van der Waals surface area contributed by atoms with E-state index in [0.29, 0.717) is 36.5 Å². The molecular weight excluding hydrogens is 435 g/mol. The van der Waals surface area contributed by atoms with Crippen molar-refractivity contribution in [3.05, 3.63) is 79.3 Å². The Morgan fingerprint density at radius 1 is 1.17 bits per heavy atom. The molecule has 0 atom stereocenters. The Morgan fingerprint density at radius 3 is 2.69 bits per heavy atom. The predicted octanol–water partition coefficient (Wildman–Crippen LogP) is 3.02. The molecule has 0 bridgehead atoms. The molecule has 0 aliphatic heterocycles. The summed E-state index contributed by atoms with van der Waals surface area (Å²) in [7, 11) is 0. The van der Waals surface area contributed by atoms with E-state index >= 15 is 0 Å². The number of ether oxygens (including phenoxy) is 1. The molecule has 2 heterocycles. The molecule has 0 radical (unpaired) electrons. The highest BCUT2D eigenvalue weighted by Gasteiger charge is 2.10. The molecule has 0 fully saturated rings. The Hall–Kier alpha value is -2.94. The summed E-state index contributed by atoms with van der Waals surface area (Å²) in [6.45, 7) is -0.218. The average Bonchev–Trinajstić information content (AvgIpc) is 3.26. The topological polar surface area (TPSA) is 85.6 Å². The zero-order chi connectivity index (χ0) is 20.4. The molecule has 0 unspecified atom stereocenters. The standard InChI is InChI=1S/C19H12Cl2N4O3S/c20-12-1-4-14(5-2-12)24-17(26)9-28-15-6-3-13(21)7-11(15)8-16-18(27)25-19(29-16)22-10-23-25/h1-8,10H,9H2,(H,24,26)/b16-8+. The van der Waals surface area contributed by atoms with Gasteiger partial charge in [0.2, 0.25) is 4.96 Å². The van der Waals surface area contributed by atoms with Gasteiger partial charge in [0.05, 0.1) is 4.53 Å². The number of hydrogen-bond acceptors (Lipinski definition) is 6. The maximum Gasteiger partial charge on any atom is 0.291 e. The summed E-state index contributed by atoms with van der Waals surface area (Å²) in [5.74, 6) is 0.0792. The first kappa shape index (κ1) is 19.4. The van der Waals surface area contributed by atoms with Gasteiger partial charge in [-0.1, -0.05) is 34.5 Å². The largest absolute Gasteiger partial charge is 0.483 e. The van der Waals surface area contributed by atoms with Crippen molar-refractivity contribution in [2.24, 2.45) is 0 Å². The molecular formula is C19H12Cl2N4O3S. The van der Waals surface area contributed by atoms with E-state index < -0.39 is 0 Å². The molecule has 0 aliphatic carbocycles. The molecule has 4 rings (SSSR count). The van der Waals surface area contributed by atoms with Crippen LogP contribution >= 0.6 is 34.5 Å². The van der Waals surface area contributed by atoms with Crippen LogP contribution in [0.3, 0.4) is 0 Å². The number of fused-ring (bicyclic) bond motifs is 1. The Labute approximate surface area is 178 Å². The van der Waals surface area contributed by atoms with Crippen LogP contribution in [0, 0.1) is 0 Å². The van der Waals surface area contributed by atoms with E-state index in [0.717, 1.165) is 0 Å². The highest BCUT2D eigenvalue weighted by molar-refractivity contribution is 7.15. The maximum atomic E-state index is 12.4. The zero-order valence-corrected chi connectivity index (χ0v) is 17.0. The lowest BCUT2D eigenvalue weighted by Crippen LogP contribution is -2.24. The number of amides is 1. The third-order valence-electron chi connectivity index (χ3n) is 3.87. The highest BCUT2D eigenvalue weighted by atomic mass is 35.5. The van der Waals surface area contributed by atoms with Crippen LogP contribution in [0.1, 0.15) is 5.56 Å². The fourth-order valence-electron chi connectivity index (χ4n) is 2.56. The first-order valence-corrected chi connectivity index (χ1v) is 9.89. The van der Waals surface area contributed by atoms with Gasteiger partial charge >= 0.3 is 0 Å². The van der Waals surface area contributed by atoms with Crippen molar-refractivity contribution in [2.45, 2.75) is 0 Å². The Morgan fingerprint density at radius 2 is 1.93 bits per heavy atom. The molecule has 146 valence electrons. The second-order valence-corrected chi connectivity index (χ2v) is 7.78. The van der Waals surface area contributed by atoms with E-state index in [4.69, 9.17) is 27.9 Å². The molecule has 1 amide bonds. The summed E-state index contributed by atoms with van der Waals surface area (Å²) >= 11 is 13.1. The van der Waals surface area contributed by atoms with Crippen molar-refractivity contribution in [3.63, 3.8) is 0 Å². The normalized spacial score (nSPS) is 11.7. The van der Waals surface area contributed by atoms with Crippen molar-refractivity contribution in [1.82, 2.24) is 14.6 Å². The van der Waals surface area contributed by atoms with Crippen LogP contribution in [0.25, 0.3) is 11.0 Å². The van der Waals surface area contributed by atoms with E-state index in [1.807, 2.05) is 0 Å². The van der Waals surface area contributed by atoms with Crippen LogP contribution in [-0.2, 0) is 4.79 Å². The minimum absolute atomic E-state index is 0.218. The number of carbonyl (C=O) groups excluding carboxylic acids is 1. The number of benzene rings is 2. The third kappa shape index (κ3) is 4.40. The minimum atomic E-state index is -0.337. The van der Waals surface area contributed by atoms with Crippen LogP contribution in [0.4, 0.5) is 5.69 Å². The number of halogens is 2. The van der Waals surface area contributed by atoms with E-state index in [-0.39, 0.29) is 18.1 Å². The SMILES string of the molecule is O=C(COc1ccc(Cl)cc1/C=c1/sc2ncnn2c1=O)Nc1ccc(Cl)cc1. The van der Waals surface area contributed by atoms with E-state index in [1.54, 1.807) is 48.5 Å². The lowest BCUT2D eigenvalue weighted by atomic mass is 10.2. The van der Waals surface area contributed by atoms with Crippen molar-refractivity contribution in [2.75, 3.05) is 11.9 Å². The number of nitrogens with zero attached hydrogens (tertiary/aromatic N) is 3. The third-order valence-corrected chi connectivity index (χ3v) is 5.33. The fourth-order valence-corrected chi connectivity index (χ4v) is 3.74. The molecule has 1 N–H and O–H groups in total. The van der Waals surface area contributed by atoms with Gasteiger partial charge in [-0.3, -0.25) is 9.59 Å². The van der Waals surface area contributed by atoms with Gasteiger partial charge in [0.15, 0.2) is 6.61 Å². The van der Waals surface area contributed by atoms with Crippen LogP contribution in [-0.4, -0.2) is 27.1 Å². The molecule has 0 saturated heterocycles. The van der Waals surface area contributed by atoms with Gasteiger partial charge in [-0.25, -0.2) is 4.98 Å². The van der Waals surface area contributed by atoms with Crippen molar-refractivity contribution < 1.29 is 9.53 Å². The first-order valence-electron chi connectivity index (χ1n) is 8.31. The summed E-state index contributed by atoms with van der Waals surface area (Å²) in [5.41, 5.74) is 0.892. The molecule has 10 heteroatoms. The second kappa shape index (κ2) is 8.20. The number of aromatic nitrogens is 3. The van der Waals surface area contributed by atoms with Gasteiger partial charge in [-0.05, 0) is 48.5 Å². The van der Waals surface area contributed by atoms with Crippen LogP contribution in [0.15, 0.2) is 53.6 Å². The number of anilines is 1. The van der Waals surface area contributed by atoms with Crippen molar-refractivity contribution >= 4 is 57.2 Å². The molecule has 0 spiro atoms. The van der Waals surface area contributed by atoms with Crippen molar-refractivity contribution in [1.29, 1.82) is 0 Å². The van der Waals surface area contributed by atoms with Gasteiger partial charge in [-0.2, -0.15) is 9.61 Å². The number of nitrogens with one attached hydrogen (secondary N) is 1. The Bertz CT molecular complexity index is 1300. The summed E-state index contributed by atoms with van der Waals surface area (Å²) in [6, 6.07) is 11.7. The summed E-state index contributed by atoms with van der Waals surface area (Å²) in [4.78, 5) is 29.1. The van der Waals surface area contributed by atoms with E-state index in [9.17, 15) is 9.59 Å². The predicted molar refractivity (Wildman–Crippen MR) is 113 cm³/mol. The molecule has 0 saturated carbocycles. The smallest absolute Gasteiger partial charge is 0.291 e. The molecule has 29 heavy (non-hydrogen) atoms. The maximum absolute atomic E-state index is 12.4. The van der Waals surface area contributed by atoms with Gasteiger partial charge in [0, 0.05) is 21.3 Å². The molecule has 4 aromatic rings. The minimum Gasteiger partial charge on any atom is -0.483 e. The van der Waals surface area contributed by atoms with Crippen molar-refractivity contribution in [3.8, 4) is 5.75 Å². The monoisotopic (exact) mass is 446 g/mol. The van der Waals surface area contributed by atoms with E-state index in [1.165, 1.54) is 22.2 Å². The quantitative estimate of drug-likeness (QED) is 0.509. The fraction of sp³-hybridized carbons (Fsp3) is 0.0526. The lowest BCUT2D eigenvalue weighted by molar-refractivity contribution is -0.118. The Kier molecular flexibility index (Phi) is 5.48.